The first-order chi connectivity index (χ1) is 9.45. The fourth-order valence-electron chi connectivity index (χ4n) is 2.33. The predicted molar refractivity (Wildman–Crippen MR) is 73.7 cm³/mol. The Morgan fingerprint density at radius 3 is 2.90 bits per heavy atom. The lowest BCUT2D eigenvalue weighted by molar-refractivity contribution is -0.384. The zero-order chi connectivity index (χ0) is 14.9. The van der Waals surface area contributed by atoms with Gasteiger partial charge in [-0.05, 0) is 12.8 Å². The second-order valence-corrected chi connectivity index (χ2v) is 5.03. The fraction of sp³-hybridized carbons (Fsp3) is 0.417. The fourth-order valence-corrected chi connectivity index (χ4v) is 2.55. The number of benzene rings is 1. The van der Waals surface area contributed by atoms with Gasteiger partial charge < -0.3 is 15.7 Å². The van der Waals surface area contributed by atoms with Crippen molar-refractivity contribution in [2.24, 2.45) is 0 Å². The maximum absolute atomic E-state index is 12.4. The van der Waals surface area contributed by atoms with Gasteiger partial charge in [-0.2, -0.15) is 0 Å². The molecule has 1 saturated heterocycles. The Labute approximate surface area is 120 Å². The minimum Gasteiger partial charge on any atom is -0.397 e. The Morgan fingerprint density at radius 1 is 1.60 bits per heavy atom. The van der Waals surface area contributed by atoms with Crippen molar-refractivity contribution in [3.8, 4) is 0 Å². The van der Waals surface area contributed by atoms with Gasteiger partial charge in [0.1, 0.15) is 0 Å². The molecule has 3 N–H and O–H groups in total. The summed E-state index contributed by atoms with van der Waals surface area (Å²) in [5, 5.41) is 20.0. The number of amides is 1. The van der Waals surface area contributed by atoms with Crippen molar-refractivity contribution < 1.29 is 14.8 Å². The Morgan fingerprint density at radius 2 is 2.30 bits per heavy atom. The van der Waals surface area contributed by atoms with E-state index in [9.17, 15) is 20.0 Å². The number of halogens is 1. The molecule has 0 bridgehead atoms. The van der Waals surface area contributed by atoms with E-state index in [0.717, 1.165) is 18.6 Å². The van der Waals surface area contributed by atoms with Gasteiger partial charge in [-0.25, -0.2) is 0 Å². The van der Waals surface area contributed by atoms with Crippen molar-refractivity contribution in [2.75, 3.05) is 18.9 Å². The second kappa shape index (κ2) is 5.64. The number of nitro groups is 1. The quantitative estimate of drug-likeness (QED) is 0.498. The number of nitrogens with zero attached hydrogens (tertiary/aromatic N) is 2. The number of aliphatic hydroxyl groups is 1. The first kappa shape index (κ1) is 14.5. The number of non-ortho nitro benzene ring substituents is 1. The molecule has 1 aromatic rings. The number of anilines is 1. The van der Waals surface area contributed by atoms with Crippen LogP contribution < -0.4 is 5.73 Å². The van der Waals surface area contributed by atoms with Gasteiger partial charge in [0.15, 0.2) is 0 Å². The molecular weight excluding hydrogens is 286 g/mol. The van der Waals surface area contributed by atoms with Gasteiger partial charge in [0.05, 0.1) is 33.8 Å². The van der Waals surface area contributed by atoms with Crippen molar-refractivity contribution in [2.45, 2.75) is 18.9 Å². The molecule has 1 aromatic carbocycles. The number of likely N-dealkylation sites (tertiary alicyclic amines) is 1. The first-order valence-electron chi connectivity index (χ1n) is 6.11. The van der Waals surface area contributed by atoms with Crippen LogP contribution in [-0.2, 0) is 0 Å². The van der Waals surface area contributed by atoms with E-state index in [0.29, 0.717) is 13.0 Å². The number of nitrogens with two attached hydrogens (primary N) is 1. The van der Waals surface area contributed by atoms with Gasteiger partial charge >= 0.3 is 0 Å². The number of rotatable bonds is 3. The standard InChI is InChI=1S/C12H14ClN3O4/c13-10-5-8(16(19)20)4-9(11(10)14)12(18)15-3-1-2-7(15)6-17/h4-5,7,17H,1-3,6,14H2. The molecule has 1 aliphatic heterocycles. The van der Waals surface area contributed by atoms with E-state index in [2.05, 4.69) is 0 Å². The van der Waals surface area contributed by atoms with Crippen molar-refractivity contribution in [3.63, 3.8) is 0 Å². The highest BCUT2D eigenvalue weighted by Crippen LogP contribution is 2.31. The van der Waals surface area contributed by atoms with Crippen LogP contribution >= 0.6 is 11.6 Å². The highest BCUT2D eigenvalue weighted by atomic mass is 35.5. The molecule has 1 unspecified atom stereocenters. The van der Waals surface area contributed by atoms with E-state index < -0.39 is 10.8 Å². The van der Waals surface area contributed by atoms with Gasteiger partial charge in [0.2, 0.25) is 0 Å². The van der Waals surface area contributed by atoms with Crippen LogP contribution in [0, 0.1) is 10.1 Å². The third kappa shape index (κ3) is 2.54. The predicted octanol–water partition coefficient (Wildman–Crippen LogP) is 1.43. The number of carbonyl (C=O) groups is 1. The molecule has 1 amide bonds. The van der Waals surface area contributed by atoms with Gasteiger partial charge in [-0.1, -0.05) is 11.6 Å². The molecule has 0 aliphatic carbocycles. The van der Waals surface area contributed by atoms with Crippen LogP contribution in [0.1, 0.15) is 23.2 Å². The van der Waals surface area contributed by atoms with E-state index in [4.69, 9.17) is 17.3 Å². The average Bonchev–Trinajstić information content (AvgIpc) is 2.89. The molecule has 2 rings (SSSR count). The Kier molecular flexibility index (Phi) is 4.10. The van der Waals surface area contributed by atoms with Crippen LogP contribution in [0.5, 0.6) is 0 Å². The molecular formula is C12H14ClN3O4. The lowest BCUT2D eigenvalue weighted by Crippen LogP contribution is -2.38. The third-order valence-corrected chi connectivity index (χ3v) is 3.72. The Balaban J connectivity index is 2.41. The summed E-state index contributed by atoms with van der Waals surface area (Å²) < 4.78 is 0. The van der Waals surface area contributed by atoms with E-state index in [1.54, 1.807) is 0 Å². The van der Waals surface area contributed by atoms with Gasteiger partial charge in [-0.3, -0.25) is 14.9 Å². The molecule has 0 aromatic heterocycles. The van der Waals surface area contributed by atoms with Crippen molar-refractivity contribution in [1.82, 2.24) is 4.90 Å². The van der Waals surface area contributed by atoms with Crippen molar-refractivity contribution >= 4 is 28.9 Å². The number of hydrogen-bond acceptors (Lipinski definition) is 5. The summed E-state index contributed by atoms with van der Waals surface area (Å²) in [4.78, 5) is 24.1. The number of hydrogen-bond donors (Lipinski definition) is 2. The van der Waals surface area contributed by atoms with Crippen LogP contribution in [0.4, 0.5) is 11.4 Å². The largest absolute Gasteiger partial charge is 0.397 e. The zero-order valence-corrected chi connectivity index (χ0v) is 11.3. The first-order valence-corrected chi connectivity index (χ1v) is 6.48. The normalized spacial score (nSPS) is 18.3. The summed E-state index contributed by atoms with van der Waals surface area (Å²) in [5.41, 5.74) is 5.48. The lowest BCUT2D eigenvalue weighted by atomic mass is 10.1. The monoisotopic (exact) mass is 299 g/mol. The highest BCUT2D eigenvalue weighted by Gasteiger charge is 2.31. The number of carbonyl (C=O) groups excluding carboxylic acids is 1. The summed E-state index contributed by atoms with van der Waals surface area (Å²) in [5.74, 6) is -0.440. The lowest BCUT2D eigenvalue weighted by Gasteiger charge is -2.23. The molecule has 20 heavy (non-hydrogen) atoms. The highest BCUT2D eigenvalue weighted by molar-refractivity contribution is 6.34. The number of nitro benzene ring substituents is 1. The zero-order valence-electron chi connectivity index (χ0n) is 10.6. The minimum absolute atomic E-state index is 0.00421. The molecule has 1 heterocycles. The molecule has 8 heteroatoms. The molecule has 0 saturated carbocycles. The number of nitrogen functional groups attached to an aromatic ring is 1. The van der Waals surface area contributed by atoms with Crippen LogP contribution in [0.2, 0.25) is 5.02 Å². The molecule has 7 nitrogen and oxygen atoms in total. The average molecular weight is 300 g/mol. The maximum atomic E-state index is 12.4. The van der Waals surface area contributed by atoms with Crippen LogP contribution in [0.15, 0.2) is 12.1 Å². The van der Waals surface area contributed by atoms with Gasteiger partial charge in [0.25, 0.3) is 11.6 Å². The van der Waals surface area contributed by atoms with E-state index in [-0.39, 0.29) is 34.6 Å². The van der Waals surface area contributed by atoms with Crippen LogP contribution in [0.3, 0.4) is 0 Å². The summed E-state index contributed by atoms with van der Waals surface area (Å²) in [6.07, 6.45) is 1.48. The smallest absolute Gasteiger partial charge is 0.271 e. The molecule has 0 spiro atoms. The van der Waals surface area contributed by atoms with Gasteiger partial charge in [0, 0.05) is 18.7 Å². The topological polar surface area (TPSA) is 110 Å². The van der Waals surface area contributed by atoms with E-state index in [1.807, 2.05) is 0 Å². The molecule has 1 atom stereocenters. The molecule has 0 radical (unpaired) electrons. The Bertz CT molecular complexity index is 564. The summed E-state index contributed by atoms with van der Waals surface area (Å²) in [7, 11) is 0. The molecule has 1 fully saturated rings. The van der Waals surface area contributed by atoms with Crippen LogP contribution in [-0.4, -0.2) is 40.0 Å². The maximum Gasteiger partial charge on any atom is 0.271 e. The minimum atomic E-state index is -0.629. The second-order valence-electron chi connectivity index (χ2n) is 4.62. The number of aliphatic hydroxyl groups excluding tert-OH is 1. The Hall–Kier alpha value is -1.86. The van der Waals surface area contributed by atoms with Gasteiger partial charge in [-0.15, -0.1) is 0 Å². The molecule has 1 aliphatic rings. The summed E-state index contributed by atoms with van der Waals surface area (Å²) >= 11 is 5.83. The van der Waals surface area contributed by atoms with E-state index in [1.165, 1.54) is 4.90 Å². The molecule has 108 valence electrons. The van der Waals surface area contributed by atoms with Crippen molar-refractivity contribution in [1.29, 1.82) is 0 Å². The van der Waals surface area contributed by atoms with Crippen molar-refractivity contribution in [3.05, 3.63) is 32.8 Å². The SMILES string of the molecule is Nc1c(Cl)cc([N+](=O)[O-])cc1C(=O)N1CCCC1CO. The summed E-state index contributed by atoms with van der Waals surface area (Å²) in [6, 6.07) is 1.96. The van der Waals surface area contributed by atoms with Crippen LogP contribution in [0.25, 0.3) is 0 Å². The van der Waals surface area contributed by atoms with E-state index >= 15 is 0 Å². The summed E-state index contributed by atoms with van der Waals surface area (Å²) in [6.45, 7) is 0.345. The third-order valence-electron chi connectivity index (χ3n) is 3.40.